The minimum atomic E-state index is 0. The Morgan fingerprint density at radius 1 is 1.50 bits per heavy atom. The summed E-state index contributed by atoms with van der Waals surface area (Å²) in [6.07, 6.45) is 2.28. The maximum atomic E-state index is 3.60. The quantitative estimate of drug-likeness (QED) is 0.533. The van der Waals surface area contributed by atoms with E-state index in [1.165, 1.54) is 6.42 Å². The smallest absolute Gasteiger partial charge is 0.693 e. The predicted octanol–water partition coefficient (Wildman–Crippen LogP) is 2.34. The Labute approximate surface area is 59.2 Å². The molecule has 0 aromatic carbocycles. The second kappa shape index (κ2) is 17.0. The Kier molecular flexibility index (Phi) is 44.7. The van der Waals surface area contributed by atoms with Gasteiger partial charge >= 0.3 is 26.2 Å². The average Bonchev–Trinajstić information content (AvgIpc) is 1.37. The van der Waals surface area contributed by atoms with Crippen LogP contribution in [-0.2, 0) is 26.2 Å². The molecule has 2 heteroatoms. The molecular weight excluding hydrogens is 153 g/mol. The van der Waals surface area contributed by atoms with E-state index < -0.39 is 0 Å². The number of nitrogens with two attached hydrogens (primary N) is 1. The molecule has 0 saturated heterocycles. The van der Waals surface area contributed by atoms with Crippen LogP contribution in [-0.4, -0.2) is 0 Å². The van der Waals surface area contributed by atoms with Crippen molar-refractivity contribution in [3.05, 3.63) is 13.1 Å². The van der Waals surface area contributed by atoms with Crippen molar-refractivity contribution >= 4 is 0 Å². The normalized spacial score (nSPS) is 5.00. The minimum absolute atomic E-state index is 0. The van der Waals surface area contributed by atoms with E-state index in [2.05, 4.69) is 13.8 Å². The van der Waals surface area contributed by atoms with Gasteiger partial charge in [-0.15, -0.1) is 0 Å². The van der Waals surface area contributed by atoms with Crippen LogP contribution in [0.1, 0.15) is 19.8 Å². The molecule has 0 aliphatic rings. The van der Waals surface area contributed by atoms with Crippen molar-refractivity contribution in [3.63, 3.8) is 0 Å². The summed E-state index contributed by atoms with van der Waals surface area (Å²) in [6.45, 7) is 5.72. The van der Waals surface area contributed by atoms with Crippen LogP contribution in [0.2, 0.25) is 0 Å². The molecule has 0 saturated carbocycles. The fraction of sp³-hybridized carbons (Fsp3) is 0.750. The van der Waals surface area contributed by atoms with Crippen LogP contribution in [0, 0.1) is 6.92 Å². The zero-order valence-corrected chi connectivity index (χ0v) is 6.66. The van der Waals surface area contributed by atoms with Gasteiger partial charge in [0.1, 0.15) is 0 Å². The Morgan fingerprint density at radius 2 is 1.67 bits per heavy atom. The third-order valence-corrected chi connectivity index (χ3v) is 0.354. The van der Waals surface area contributed by atoms with E-state index in [-0.39, 0.29) is 32.4 Å². The fourth-order valence-corrected chi connectivity index (χ4v) is 0. The van der Waals surface area contributed by atoms with E-state index in [9.17, 15) is 0 Å². The molecule has 0 aromatic heterocycles. The zero-order valence-electron chi connectivity index (χ0n) is 4.20. The second-order valence-electron chi connectivity index (χ2n) is 0.854. The summed E-state index contributed by atoms with van der Waals surface area (Å²) in [6, 6.07) is 0. The molecule has 0 rings (SSSR count). The molecular formula is C4H11NZr. The molecule has 0 spiro atoms. The molecule has 6 heavy (non-hydrogen) atoms. The molecule has 0 heterocycles. The van der Waals surface area contributed by atoms with Crippen LogP contribution in [0.25, 0.3) is 6.15 Å². The molecule has 0 aromatic rings. The number of rotatable bonds is 1. The maximum Gasteiger partial charge on any atom is 2.00 e. The van der Waals surface area contributed by atoms with E-state index in [0.29, 0.717) is 0 Å². The average molecular weight is 164 g/mol. The van der Waals surface area contributed by atoms with Gasteiger partial charge in [-0.3, -0.25) is 0 Å². The van der Waals surface area contributed by atoms with E-state index in [0.717, 1.165) is 6.42 Å². The Hall–Kier alpha value is 0.843. The van der Waals surface area contributed by atoms with Crippen LogP contribution in [0.3, 0.4) is 0 Å². The third-order valence-electron chi connectivity index (χ3n) is 0.354. The first-order valence-electron chi connectivity index (χ1n) is 1.71. The predicted molar refractivity (Wildman–Crippen MR) is 25.5 cm³/mol. The molecule has 0 atom stereocenters. The summed E-state index contributed by atoms with van der Waals surface area (Å²) >= 11 is 0. The first kappa shape index (κ1) is 15.8. The fourth-order valence-electron chi connectivity index (χ4n) is 0. The molecule has 1 nitrogen and oxygen atoms in total. The zero-order chi connectivity index (χ0) is 3.41. The first-order chi connectivity index (χ1) is 1.91. The van der Waals surface area contributed by atoms with E-state index in [1.54, 1.807) is 0 Å². The van der Waals surface area contributed by atoms with Crippen molar-refractivity contribution in [2.75, 3.05) is 0 Å². The van der Waals surface area contributed by atoms with Crippen molar-refractivity contribution < 1.29 is 26.2 Å². The van der Waals surface area contributed by atoms with E-state index >= 15 is 0 Å². The maximum absolute atomic E-state index is 3.60. The van der Waals surface area contributed by atoms with Crippen molar-refractivity contribution in [2.24, 2.45) is 0 Å². The summed E-state index contributed by atoms with van der Waals surface area (Å²) in [5, 5.41) is 0. The van der Waals surface area contributed by atoms with Gasteiger partial charge in [-0.2, -0.15) is 6.42 Å². The molecule has 0 amide bonds. The molecule has 2 N–H and O–H groups in total. The largest absolute Gasteiger partial charge is 2.00 e. The van der Waals surface area contributed by atoms with Gasteiger partial charge in [0, 0.05) is 0 Å². The molecule has 0 radical (unpaired) electrons. The monoisotopic (exact) mass is 163 g/mol. The van der Waals surface area contributed by atoms with Crippen molar-refractivity contribution in [3.8, 4) is 0 Å². The summed E-state index contributed by atoms with van der Waals surface area (Å²) < 4.78 is 0. The van der Waals surface area contributed by atoms with Crippen LogP contribution in [0.15, 0.2) is 0 Å². The molecule has 36 valence electrons. The standard InChI is InChI=1S/C4H9.H2N.Zr/c1-3-4-2;;/h1,3-4H2,2H3;1H2;/q2*-1;+2. The molecule has 0 aliphatic heterocycles. The summed E-state index contributed by atoms with van der Waals surface area (Å²) in [4.78, 5) is 0. The third kappa shape index (κ3) is 21.1. The van der Waals surface area contributed by atoms with Gasteiger partial charge in [0.15, 0.2) is 0 Å². The summed E-state index contributed by atoms with van der Waals surface area (Å²) in [5.41, 5.74) is 0. The summed E-state index contributed by atoms with van der Waals surface area (Å²) in [5.74, 6) is 0. The topological polar surface area (TPSA) is 33.5 Å². The SMILES string of the molecule is [CH2-]CCC.[NH2-].[Zr+2]. The number of hydrogen-bond donors (Lipinski definition) is 0. The summed E-state index contributed by atoms with van der Waals surface area (Å²) in [7, 11) is 0. The van der Waals surface area contributed by atoms with Gasteiger partial charge in [0.25, 0.3) is 0 Å². The Balaban J connectivity index is -0.0000000450. The van der Waals surface area contributed by atoms with Crippen molar-refractivity contribution in [1.29, 1.82) is 0 Å². The van der Waals surface area contributed by atoms with Crippen LogP contribution >= 0.6 is 0 Å². The molecule has 0 fully saturated rings. The molecule has 0 bridgehead atoms. The van der Waals surface area contributed by atoms with Gasteiger partial charge in [-0.25, -0.2) is 0 Å². The number of unbranched alkanes of at least 4 members (excludes halogenated alkanes) is 1. The van der Waals surface area contributed by atoms with E-state index in [4.69, 9.17) is 0 Å². The Bertz CT molecular complexity index is 9.51. The van der Waals surface area contributed by atoms with Gasteiger partial charge in [0.05, 0.1) is 0 Å². The van der Waals surface area contributed by atoms with Crippen molar-refractivity contribution in [1.82, 2.24) is 0 Å². The first-order valence-corrected chi connectivity index (χ1v) is 1.71. The van der Waals surface area contributed by atoms with Gasteiger partial charge in [-0.1, -0.05) is 13.3 Å². The molecule has 0 aliphatic carbocycles. The van der Waals surface area contributed by atoms with Gasteiger partial charge < -0.3 is 13.1 Å². The van der Waals surface area contributed by atoms with Crippen LogP contribution in [0.5, 0.6) is 0 Å². The second-order valence-corrected chi connectivity index (χ2v) is 0.854. The van der Waals surface area contributed by atoms with Crippen LogP contribution in [0.4, 0.5) is 0 Å². The minimum Gasteiger partial charge on any atom is -0.693 e. The van der Waals surface area contributed by atoms with E-state index in [1.807, 2.05) is 0 Å². The van der Waals surface area contributed by atoms with Crippen LogP contribution < -0.4 is 0 Å². The van der Waals surface area contributed by atoms with Crippen molar-refractivity contribution in [2.45, 2.75) is 19.8 Å². The number of hydrogen-bond acceptors (Lipinski definition) is 0. The Morgan fingerprint density at radius 3 is 1.67 bits per heavy atom. The van der Waals surface area contributed by atoms with Gasteiger partial charge in [0.2, 0.25) is 0 Å². The van der Waals surface area contributed by atoms with Gasteiger partial charge in [-0.05, 0) is 0 Å². The molecule has 0 unspecified atom stereocenters.